The number of aryl methyl sites for hydroxylation is 4. The summed E-state index contributed by atoms with van der Waals surface area (Å²) in [6.07, 6.45) is 0.796. The summed E-state index contributed by atoms with van der Waals surface area (Å²) in [6.45, 7) is 7.64. The third kappa shape index (κ3) is 2.41. The Morgan fingerprint density at radius 3 is 2.37 bits per heavy atom. The standard InChI is InChI=1S/C16H18O3/c1-5-12-7-9(2)6-10(3)14(12)15-13(17)8-11(4)19-16(15)18/h6-8,17H,5H2,1-4H3. The highest BCUT2D eigenvalue weighted by molar-refractivity contribution is 5.75. The van der Waals surface area contributed by atoms with Gasteiger partial charge in [0.05, 0.1) is 0 Å². The van der Waals surface area contributed by atoms with Crippen molar-refractivity contribution in [3.63, 3.8) is 0 Å². The van der Waals surface area contributed by atoms with Crippen LogP contribution in [0.4, 0.5) is 0 Å². The van der Waals surface area contributed by atoms with Crippen LogP contribution >= 0.6 is 0 Å². The van der Waals surface area contributed by atoms with Crippen LogP contribution in [0.2, 0.25) is 0 Å². The number of rotatable bonds is 2. The van der Waals surface area contributed by atoms with Gasteiger partial charge in [0.15, 0.2) is 0 Å². The zero-order valence-electron chi connectivity index (χ0n) is 11.7. The van der Waals surface area contributed by atoms with E-state index in [1.807, 2.05) is 32.9 Å². The number of hydrogen-bond donors (Lipinski definition) is 1. The Morgan fingerprint density at radius 1 is 1.11 bits per heavy atom. The molecular weight excluding hydrogens is 240 g/mol. The quantitative estimate of drug-likeness (QED) is 0.896. The van der Waals surface area contributed by atoms with Gasteiger partial charge in [0.25, 0.3) is 0 Å². The monoisotopic (exact) mass is 258 g/mol. The first-order chi connectivity index (χ1) is 8.93. The predicted octanol–water partition coefficient (Wildman–Crippen LogP) is 3.50. The highest BCUT2D eigenvalue weighted by Crippen LogP contribution is 2.33. The van der Waals surface area contributed by atoms with Crippen LogP contribution in [-0.4, -0.2) is 5.11 Å². The minimum Gasteiger partial charge on any atom is -0.507 e. The summed E-state index contributed by atoms with van der Waals surface area (Å²) in [5, 5.41) is 10.1. The minimum absolute atomic E-state index is 0.0181. The average molecular weight is 258 g/mol. The highest BCUT2D eigenvalue weighted by atomic mass is 16.4. The fourth-order valence-electron chi connectivity index (χ4n) is 2.52. The van der Waals surface area contributed by atoms with Gasteiger partial charge in [0.1, 0.15) is 17.1 Å². The first-order valence-corrected chi connectivity index (χ1v) is 6.38. The molecule has 1 aromatic carbocycles. The topological polar surface area (TPSA) is 50.4 Å². The van der Waals surface area contributed by atoms with Crippen molar-refractivity contribution in [2.24, 2.45) is 0 Å². The molecule has 3 nitrogen and oxygen atoms in total. The third-order valence-electron chi connectivity index (χ3n) is 3.25. The number of aromatic hydroxyl groups is 1. The van der Waals surface area contributed by atoms with Crippen LogP contribution in [0.15, 0.2) is 27.4 Å². The van der Waals surface area contributed by atoms with Crippen LogP contribution in [-0.2, 0) is 6.42 Å². The molecule has 19 heavy (non-hydrogen) atoms. The molecule has 2 aromatic rings. The largest absolute Gasteiger partial charge is 0.507 e. The second-order valence-corrected chi connectivity index (χ2v) is 4.87. The molecule has 0 saturated heterocycles. The maximum atomic E-state index is 12.0. The van der Waals surface area contributed by atoms with E-state index in [1.54, 1.807) is 6.92 Å². The molecule has 0 bridgehead atoms. The zero-order chi connectivity index (χ0) is 14.2. The van der Waals surface area contributed by atoms with Crippen LogP contribution in [0, 0.1) is 20.8 Å². The summed E-state index contributed by atoms with van der Waals surface area (Å²) in [7, 11) is 0. The Balaban J connectivity index is 2.83. The van der Waals surface area contributed by atoms with Crippen molar-refractivity contribution in [3.8, 4) is 16.9 Å². The molecule has 1 heterocycles. The summed E-state index contributed by atoms with van der Waals surface area (Å²) >= 11 is 0. The van der Waals surface area contributed by atoms with Crippen molar-refractivity contribution < 1.29 is 9.52 Å². The minimum atomic E-state index is -0.487. The van der Waals surface area contributed by atoms with Crippen molar-refractivity contribution in [1.29, 1.82) is 0 Å². The Bertz CT molecular complexity index is 681. The zero-order valence-corrected chi connectivity index (χ0v) is 11.7. The molecule has 0 fully saturated rings. The molecule has 0 spiro atoms. The van der Waals surface area contributed by atoms with Crippen LogP contribution < -0.4 is 5.63 Å². The molecule has 0 aliphatic heterocycles. The molecular formula is C16H18O3. The average Bonchev–Trinajstić information content (AvgIpc) is 2.29. The Hall–Kier alpha value is -2.03. The molecule has 100 valence electrons. The van der Waals surface area contributed by atoms with Crippen LogP contribution in [0.3, 0.4) is 0 Å². The van der Waals surface area contributed by atoms with Crippen molar-refractivity contribution in [3.05, 3.63) is 51.1 Å². The summed E-state index contributed by atoms with van der Waals surface area (Å²) in [4.78, 5) is 12.0. The maximum absolute atomic E-state index is 12.0. The van der Waals surface area contributed by atoms with Crippen molar-refractivity contribution >= 4 is 0 Å². The molecule has 2 rings (SSSR count). The lowest BCUT2D eigenvalue weighted by atomic mass is 9.92. The van der Waals surface area contributed by atoms with Gasteiger partial charge in [-0.3, -0.25) is 0 Å². The molecule has 0 radical (unpaired) electrons. The normalized spacial score (nSPS) is 10.7. The first kappa shape index (κ1) is 13.4. The van der Waals surface area contributed by atoms with E-state index >= 15 is 0 Å². The van der Waals surface area contributed by atoms with E-state index in [0.717, 1.165) is 28.7 Å². The van der Waals surface area contributed by atoms with Gasteiger partial charge >= 0.3 is 5.63 Å². The smallest absolute Gasteiger partial charge is 0.347 e. The van der Waals surface area contributed by atoms with E-state index in [0.29, 0.717) is 5.76 Å². The van der Waals surface area contributed by atoms with E-state index < -0.39 is 5.63 Å². The molecule has 0 amide bonds. The van der Waals surface area contributed by atoms with Crippen molar-refractivity contribution in [2.45, 2.75) is 34.1 Å². The molecule has 0 aliphatic rings. The molecule has 0 unspecified atom stereocenters. The van der Waals surface area contributed by atoms with Gasteiger partial charge in [-0.15, -0.1) is 0 Å². The molecule has 3 heteroatoms. The predicted molar refractivity (Wildman–Crippen MR) is 75.7 cm³/mol. The van der Waals surface area contributed by atoms with E-state index in [4.69, 9.17) is 4.42 Å². The van der Waals surface area contributed by atoms with Crippen LogP contribution in [0.1, 0.15) is 29.4 Å². The second-order valence-electron chi connectivity index (χ2n) is 4.87. The molecule has 1 aromatic heterocycles. The lowest BCUT2D eigenvalue weighted by Crippen LogP contribution is -2.07. The fourth-order valence-corrected chi connectivity index (χ4v) is 2.52. The van der Waals surface area contributed by atoms with Gasteiger partial charge in [-0.1, -0.05) is 24.6 Å². The summed E-state index contributed by atoms with van der Waals surface area (Å²) in [5.41, 5.74) is 3.74. The molecule has 0 aliphatic carbocycles. The van der Waals surface area contributed by atoms with Gasteiger partial charge in [-0.2, -0.15) is 0 Å². The SMILES string of the molecule is CCc1cc(C)cc(C)c1-c1c(O)cc(C)oc1=O. The highest BCUT2D eigenvalue weighted by Gasteiger charge is 2.17. The van der Waals surface area contributed by atoms with Gasteiger partial charge < -0.3 is 9.52 Å². The first-order valence-electron chi connectivity index (χ1n) is 6.38. The van der Waals surface area contributed by atoms with Crippen molar-refractivity contribution in [2.75, 3.05) is 0 Å². The number of hydrogen-bond acceptors (Lipinski definition) is 3. The van der Waals surface area contributed by atoms with Crippen molar-refractivity contribution in [1.82, 2.24) is 0 Å². The Kier molecular flexibility index (Phi) is 3.47. The lowest BCUT2D eigenvalue weighted by molar-refractivity contribution is 0.438. The van der Waals surface area contributed by atoms with Gasteiger partial charge in [-0.25, -0.2) is 4.79 Å². The van der Waals surface area contributed by atoms with Crippen LogP contribution in [0.25, 0.3) is 11.1 Å². The molecule has 0 atom stereocenters. The third-order valence-corrected chi connectivity index (χ3v) is 3.25. The van der Waals surface area contributed by atoms with E-state index in [9.17, 15) is 9.90 Å². The second kappa shape index (κ2) is 4.92. The Morgan fingerprint density at radius 2 is 1.79 bits per heavy atom. The van der Waals surface area contributed by atoms with E-state index in [-0.39, 0.29) is 11.3 Å². The molecule has 0 saturated carbocycles. The summed E-state index contributed by atoms with van der Waals surface area (Å²) < 4.78 is 5.11. The van der Waals surface area contributed by atoms with Gasteiger partial charge in [-0.05, 0) is 43.9 Å². The maximum Gasteiger partial charge on any atom is 0.347 e. The number of benzene rings is 1. The van der Waals surface area contributed by atoms with E-state index in [1.165, 1.54) is 6.07 Å². The lowest BCUT2D eigenvalue weighted by Gasteiger charge is -2.13. The van der Waals surface area contributed by atoms with Gasteiger partial charge in [0.2, 0.25) is 0 Å². The summed E-state index contributed by atoms with van der Waals surface area (Å²) in [5.74, 6) is 0.393. The van der Waals surface area contributed by atoms with Crippen LogP contribution in [0.5, 0.6) is 5.75 Å². The molecule has 1 N–H and O–H groups in total. The van der Waals surface area contributed by atoms with Gasteiger partial charge in [0, 0.05) is 6.07 Å². The van der Waals surface area contributed by atoms with E-state index in [2.05, 4.69) is 0 Å². The summed E-state index contributed by atoms with van der Waals surface area (Å²) in [6, 6.07) is 5.53. The Labute approximate surface area is 112 Å². The fraction of sp³-hybridized carbons (Fsp3) is 0.312.